The maximum Gasteiger partial charge on any atom is 0.237 e. The van der Waals surface area contributed by atoms with Gasteiger partial charge in [0.05, 0.1) is 19.3 Å². The molecule has 25 heavy (non-hydrogen) atoms. The summed E-state index contributed by atoms with van der Waals surface area (Å²) in [5.41, 5.74) is 8.10. The zero-order valence-electron chi connectivity index (χ0n) is 15.3. The molecule has 1 fully saturated rings. The van der Waals surface area contributed by atoms with Gasteiger partial charge in [0.1, 0.15) is 0 Å². The van der Waals surface area contributed by atoms with Crippen LogP contribution in [0.15, 0.2) is 24.3 Å². The number of hydrogen-bond donors (Lipinski definition) is 2. The highest BCUT2D eigenvalue weighted by Gasteiger charge is 2.27. The highest BCUT2D eigenvalue weighted by molar-refractivity contribution is 5.85. The summed E-state index contributed by atoms with van der Waals surface area (Å²) in [6.07, 6.45) is 0. The summed E-state index contributed by atoms with van der Waals surface area (Å²) in [5.74, 6) is -0.102. The van der Waals surface area contributed by atoms with Crippen molar-refractivity contribution in [3.63, 3.8) is 0 Å². The Morgan fingerprint density at radius 1 is 1.16 bits per heavy atom. The van der Waals surface area contributed by atoms with Crippen LogP contribution in [0, 0.1) is 5.41 Å². The van der Waals surface area contributed by atoms with Crippen molar-refractivity contribution in [2.75, 3.05) is 26.3 Å². The summed E-state index contributed by atoms with van der Waals surface area (Å²) in [7, 11) is 0. The fraction of sp³-hybridized carbons (Fsp3) is 0.611. The molecule has 0 spiro atoms. The predicted molar refractivity (Wildman–Crippen MR) is 106 cm³/mol. The Labute approximate surface area is 163 Å². The number of nitrogens with two attached hydrogens (primary N) is 1. The first-order valence-electron chi connectivity index (χ1n) is 8.27. The largest absolute Gasteiger partial charge is 0.379 e. The quantitative estimate of drug-likeness (QED) is 0.807. The van der Waals surface area contributed by atoms with Crippen LogP contribution in [0.3, 0.4) is 0 Å². The molecule has 2 rings (SSSR count). The van der Waals surface area contributed by atoms with Crippen LogP contribution in [0.25, 0.3) is 0 Å². The number of hydrogen-bond acceptors (Lipinski definition) is 4. The normalized spacial score (nSPS) is 16.3. The van der Waals surface area contributed by atoms with E-state index in [0.717, 1.165) is 38.4 Å². The van der Waals surface area contributed by atoms with Crippen molar-refractivity contribution in [2.45, 2.75) is 39.9 Å². The monoisotopic (exact) mass is 391 g/mol. The molecule has 0 saturated carbocycles. The smallest absolute Gasteiger partial charge is 0.237 e. The second-order valence-electron chi connectivity index (χ2n) is 7.27. The van der Waals surface area contributed by atoms with Gasteiger partial charge in [-0.25, -0.2) is 0 Å². The van der Waals surface area contributed by atoms with Gasteiger partial charge in [0, 0.05) is 26.2 Å². The number of amides is 1. The standard InChI is InChI=1S/C18H29N3O2.2ClH/c1-18(2,3)16(19)17(22)20-12-14-4-6-15(7-5-14)13-21-8-10-23-11-9-21;;/h4-7,16H,8-13,19H2,1-3H3,(H,20,22);2*1H/t16-;;/m1../s1. The number of carbonyl (C=O) groups excluding carboxylic acids is 1. The minimum absolute atomic E-state index is 0. The average molecular weight is 392 g/mol. The summed E-state index contributed by atoms with van der Waals surface area (Å²) in [6, 6.07) is 7.89. The molecule has 0 bridgehead atoms. The molecular formula is C18H31Cl2N3O2. The maximum absolute atomic E-state index is 12.0. The lowest BCUT2D eigenvalue weighted by atomic mass is 9.87. The van der Waals surface area contributed by atoms with Gasteiger partial charge in [-0.15, -0.1) is 24.8 Å². The number of rotatable bonds is 5. The molecule has 1 aromatic rings. The van der Waals surface area contributed by atoms with Crippen molar-refractivity contribution >= 4 is 30.7 Å². The van der Waals surface area contributed by atoms with Crippen LogP contribution in [-0.2, 0) is 22.6 Å². The van der Waals surface area contributed by atoms with Gasteiger partial charge in [-0.1, -0.05) is 45.0 Å². The summed E-state index contributed by atoms with van der Waals surface area (Å²) in [4.78, 5) is 14.4. The lowest BCUT2D eigenvalue weighted by Gasteiger charge is -2.26. The van der Waals surface area contributed by atoms with Gasteiger partial charge in [0.25, 0.3) is 0 Å². The first kappa shape index (κ1) is 24.1. The van der Waals surface area contributed by atoms with Crippen molar-refractivity contribution in [2.24, 2.45) is 11.1 Å². The summed E-state index contributed by atoms with van der Waals surface area (Å²) in [6.45, 7) is 11.0. The Morgan fingerprint density at radius 2 is 1.68 bits per heavy atom. The molecule has 1 atom stereocenters. The minimum atomic E-state index is -0.497. The Kier molecular flexibility index (Phi) is 10.6. The van der Waals surface area contributed by atoms with Gasteiger partial charge in [-0.2, -0.15) is 0 Å². The second kappa shape index (κ2) is 11.0. The van der Waals surface area contributed by atoms with Crippen molar-refractivity contribution in [3.8, 4) is 0 Å². The Bertz CT molecular complexity index is 512. The average Bonchev–Trinajstić information content (AvgIpc) is 2.53. The summed E-state index contributed by atoms with van der Waals surface area (Å²) < 4.78 is 5.36. The first-order chi connectivity index (χ1) is 10.9. The fourth-order valence-corrected chi connectivity index (χ4v) is 2.47. The molecule has 1 amide bonds. The molecule has 1 aliphatic rings. The highest BCUT2D eigenvalue weighted by atomic mass is 35.5. The van der Waals surface area contributed by atoms with Gasteiger partial charge in [-0.3, -0.25) is 9.69 Å². The summed E-state index contributed by atoms with van der Waals surface area (Å²) in [5, 5.41) is 2.92. The molecule has 1 aromatic carbocycles. The molecule has 1 saturated heterocycles. The minimum Gasteiger partial charge on any atom is -0.379 e. The molecule has 144 valence electrons. The van der Waals surface area contributed by atoms with Crippen molar-refractivity contribution < 1.29 is 9.53 Å². The SMILES string of the molecule is CC(C)(C)[C@H](N)C(=O)NCc1ccc(CN2CCOCC2)cc1.Cl.Cl. The summed E-state index contributed by atoms with van der Waals surface area (Å²) >= 11 is 0. The zero-order chi connectivity index (χ0) is 16.9. The Balaban J connectivity index is 0.00000288. The van der Waals surface area contributed by atoms with E-state index in [1.807, 2.05) is 20.8 Å². The number of carbonyl (C=O) groups is 1. The van der Waals surface area contributed by atoms with Gasteiger partial charge >= 0.3 is 0 Å². The lowest BCUT2D eigenvalue weighted by molar-refractivity contribution is -0.124. The molecule has 1 aliphatic heterocycles. The third-order valence-corrected chi connectivity index (χ3v) is 4.22. The van der Waals surface area contributed by atoms with Gasteiger partial charge in [0.2, 0.25) is 5.91 Å². The van der Waals surface area contributed by atoms with Crippen LogP contribution in [0.5, 0.6) is 0 Å². The van der Waals surface area contributed by atoms with E-state index in [1.54, 1.807) is 0 Å². The van der Waals surface area contributed by atoms with Gasteiger partial charge in [-0.05, 0) is 16.5 Å². The highest BCUT2D eigenvalue weighted by Crippen LogP contribution is 2.17. The molecule has 7 heteroatoms. The fourth-order valence-electron chi connectivity index (χ4n) is 2.47. The topological polar surface area (TPSA) is 67.6 Å². The maximum atomic E-state index is 12.0. The van der Waals surface area contributed by atoms with Gasteiger partial charge < -0.3 is 15.8 Å². The Morgan fingerprint density at radius 3 is 2.20 bits per heavy atom. The van der Waals surface area contributed by atoms with E-state index in [1.165, 1.54) is 5.56 Å². The molecular weight excluding hydrogens is 361 g/mol. The molecule has 0 aromatic heterocycles. The van der Waals surface area contributed by atoms with E-state index in [2.05, 4.69) is 34.5 Å². The number of morpholine rings is 1. The number of nitrogens with zero attached hydrogens (tertiary/aromatic N) is 1. The van der Waals surface area contributed by atoms with Gasteiger partial charge in [0.15, 0.2) is 0 Å². The van der Waals surface area contributed by atoms with E-state index >= 15 is 0 Å². The van der Waals surface area contributed by atoms with Crippen LogP contribution >= 0.6 is 24.8 Å². The predicted octanol–water partition coefficient (Wildman–Crippen LogP) is 2.35. The van der Waals surface area contributed by atoms with E-state index < -0.39 is 6.04 Å². The molecule has 1 heterocycles. The number of halogens is 2. The van der Waals surface area contributed by atoms with E-state index in [-0.39, 0.29) is 36.1 Å². The van der Waals surface area contributed by atoms with E-state index in [9.17, 15) is 4.79 Å². The number of nitrogens with one attached hydrogen (secondary N) is 1. The molecule has 0 radical (unpaired) electrons. The van der Waals surface area contributed by atoms with Crippen molar-refractivity contribution in [3.05, 3.63) is 35.4 Å². The number of benzene rings is 1. The molecule has 0 aliphatic carbocycles. The van der Waals surface area contributed by atoms with E-state index in [4.69, 9.17) is 10.5 Å². The molecule has 5 nitrogen and oxygen atoms in total. The Hall–Kier alpha value is -0.850. The molecule has 0 unspecified atom stereocenters. The van der Waals surface area contributed by atoms with E-state index in [0.29, 0.717) is 6.54 Å². The van der Waals surface area contributed by atoms with Crippen molar-refractivity contribution in [1.82, 2.24) is 10.2 Å². The third kappa shape index (κ3) is 7.92. The lowest BCUT2D eigenvalue weighted by Crippen LogP contribution is -2.48. The third-order valence-electron chi connectivity index (χ3n) is 4.22. The zero-order valence-corrected chi connectivity index (χ0v) is 16.9. The van der Waals surface area contributed by atoms with Crippen LogP contribution in [-0.4, -0.2) is 43.2 Å². The molecule has 3 N–H and O–H groups in total. The van der Waals surface area contributed by atoms with Crippen LogP contribution in [0.4, 0.5) is 0 Å². The van der Waals surface area contributed by atoms with Crippen LogP contribution in [0.1, 0.15) is 31.9 Å². The number of ether oxygens (including phenoxy) is 1. The van der Waals surface area contributed by atoms with Crippen molar-refractivity contribution in [1.29, 1.82) is 0 Å². The first-order valence-corrected chi connectivity index (χ1v) is 8.27. The van der Waals surface area contributed by atoms with Crippen LogP contribution in [0.2, 0.25) is 0 Å². The van der Waals surface area contributed by atoms with Crippen LogP contribution < -0.4 is 11.1 Å². The second-order valence-corrected chi connectivity index (χ2v) is 7.27.